The first-order chi connectivity index (χ1) is 7.24. The maximum Gasteiger partial charge on any atom is 0.387 e. The molecule has 0 amide bonds. The van der Waals surface area contributed by atoms with Gasteiger partial charge in [-0.1, -0.05) is 12.1 Å². The number of rotatable bonds is 6. The van der Waals surface area contributed by atoms with Crippen LogP contribution in [0.5, 0.6) is 11.5 Å². The zero-order valence-electron chi connectivity index (χ0n) is 8.03. The molecule has 0 atom stereocenters. The molecule has 0 aliphatic rings. The average Bonchev–Trinajstić information content (AvgIpc) is 2.20. The minimum Gasteiger partial charge on any atom is -0.490 e. The van der Waals surface area contributed by atoms with Crippen molar-refractivity contribution in [3.63, 3.8) is 0 Å². The summed E-state index contributed by atoms with van der Waals surface area (Å²) in [4.78, 5) is 0. The van der Waals surface area contributed by atoms with Crippen molar-refractivity contribution >= 4 is 0 Å². The Kier molecular flexibility index (Phi) is 4.83. The molecule has 1 N–H and O–H groups in total. The van der Waals surface area contributed by atoms with Crippen LogP contribution >= 0.6 is 0 Å². The van der Waals surface area contributed by atoms with Gasteiger partial charge in [0.1, 0.15) is 0 Å². The Morgan fingerprint density at radius 2 is 1.87 bits per heavy atom. The van der Waals surface area contributed by atoms with Crippen molar-refractivity contribution < 1.29 is 23.4 Å². The molecule has 0 fully saturated rings. The molecule has 1 aromatic rings. The van der Waals surface area contributed by atoms with E-state index in [4.69, 9.17) is 9.84 Å². The third kappa shape index (κ3) is 4.12. The van der Waals surface area contributed by atoms with Gasteiger partial charge in [0.25, 0.3) is 0 Å². The van der Waals surface area contributed by atoms with E-state index in [1.807, 2.05) is 0 Å². The van der Waals surface area contributed by atoms with Crippen molar-refractivity contribution in [2.75, 3.05) is 13.2 Å². The fourth-order valence-corrected chi connectivity index (χ4v) is 1.01. The lowest BCUT2D eigenvalue weighted by molar-refractivity contribution is -0.0515. The molecule has 3 nitrogen and oxygen atoms in total. The second-order valence-electron chi connectivity index (χ2n) is 2.75. The van der Waals surface area contributed by atoms with Crippen LogP contribution < -0.4 is 9.47 Å². The van der Waals surface area contributed by atoms with Crippen LogP contribution in [-0.4, -0.2) is 24.9 Å². The van der Waals surface area contributed by atoms with Gasteiger partial charge < -0.3 is 14.6 Å². The summed E-state index contributed by atoms with van der Waals surface area (Å²) in [6.45, 7) is -2.61. The Bertz CT molecular complexity index is 292. The van der Waals surface area contributed by atoms with Crippen molar-refractivity contribution in [2.24, 2.45) is 0 Å². The number of benzene rings is 1. The summed E-state index contributed by atoms with van der Waals surface area (Å²) in [7, 11) is 0. The molecule has 0 radical (unpaired) electrons. The van der Waals surface area contributed by atoms with Gasteiger partial charge in [0, 0.05) is 13.0 Å². The first-order valence-electron chi connectivity index (χ1n) is 4.51. The predicted octanol–water partition coefficient (Wildman–Crippen LogP) is 2.05. The number of para-hydroxylation sites is 2. The number of aliphatic hydroxyl groups is 1. The van der Waals surface area contributed by atoms with E-state index in [-0.39, 0.29) is 24.7 Å². The Morgan fingerprint density at radius 1 is 1.20 bits per heavy atom. The molecular formula is C10H12F2O3. The SMILES string of the molecule is OCCCOc1ccccc1OC(F)F. The summed E-state index contributed by atoms with van der Waals surface area (Å²) in [5.41, 5.74) is 0. The number of aliphatic hydroxyl groups excluding tert-OH is 1. The second-order valence-corrected chi connectivity index (χ2v) is 2.75. The van der Waals surface area contributed by atoms with Gasteiger partial charge in [0.15, 0.2) is 11.5 Å². The van der Waals surface area contributed by atoms with Crippen LogP contribution in [0.2, 0.25) is 0 Å². The highest BCUT2D eigenvalue weighted by atomic mass is 19.3. The lowest BCUT2D eigenvalue weighted by atomic mass is 10.3. The second kappa shape index (κ2) is 6.19. The molecule has 0 aromatic heterocycles. The van der Waals surface area contributed by atoms with Crippen LogP contribution in [0.25, 0.3) is 0 Å². The first kappa shape index (κ1) is 11.7. The molecular weight excluding hydrogens is 206 g/mol. The van der Waals surface area contributed by atoms with Crippen molar-refractivity contribution in [1.29, 1.82) is 0 Å². The summed E-state index contributed by atoms with van der Waals surface area (Å²) in [5, 5.41) is 8.53. The van der Waals surface area contributed by atoms with Gasteiger partial charge in [-0.15, -0.1) is 0 Å². The maximum absolute atomic E-state index is 12.0. The molecule has 15 heavy (non-hydrogen) atoms. The fraction of sp³-hybridized carbons (Fsp3) is 0.400. The molecule has 0 heterocycles. The van der Waals surface area contributed by atoms with Crippen molar-refractivity contribution in [3.05, 3.63) is 24.3 Å². The molecule has 0 saturated heterocycles. The van der Waals surface area contributed by atoms with E-state index >= 15 is 0 Å². The van der Waals surface area contributed by atoms with E-state index in [2.05, 4.69) is 4.74 Å². The Labute approximate surface area is 86.2 Å². The van der Waals surface area contributed by atoms with Gasteiger partial charge in [0.05, 0.1) is 6.61 Å². The first-order valence-corrected chi connectivity index (χ1v) is 4.51. The van der Waals surface area contributed by atoms with Gasteiger partial charge in [-0.3, -0.25) is 0 Å². The molecule has 0 aliphatic carbocycles. The minimum atomic E-state index is -2.87. The lowest BCUT2D eigenvalue weighted by Gasteiger charge is -2.11. The number of hydrogen-bond donors (Lipinski definition) is 1. The summed E-state index contributed by atoms with van der Waals surface area (Å²) in [5.74, 6) is 0.261. The van der Waals surface area contributed by atoms with Crippen LogP contribution in [0.1, 0.15) is 6.42 Å². The largest absolute Gasteiger partial charge is 0.490 e. The maximum atomic E-state index is 12.0. The summed E-state index contributed by atoms with van der Waals surface area (Å²) in [6, 6.07) is 6.18. The van der Waals surface area contributed by atoms with Crippen LogP contribution in [0, 0.1) is 0 Å². The summed E-state index contributed by atoms with van der Waals surface area (Å²) >= 11 is 0. The molecule has 5 heteroatoms. The van der Waals surface area contributed by atoms with E-state index < -0.39 is 6.61 Å². The summed E-state index contributed by atoms with van der Waals surface area (Å²) < 4.78 is 33.4. The lowest BCUT2D eigenvalue weighted by Crippen LogP contribution is -2.05. The van der Waals surface area contributed by atoms with Gasteiger partial charge in [0.2, 0.25) is 0 Å². The number of hydrogen-bond acceptors (Lipinski definition) is 3. The van der Waals surface area contributed by atoms with Gasteiger partial charge in [-0.05, 0) is 12.1 Å². The fourth-order valence-electron chi connectivity index (χ4n) is 1.01. The third-order valence-corrected chi connectivity index (χ3v) is 1.63. The van der Waals surface area contributed by atoms with E-state index in [9.17, 15) is 8.78 Å². The highest BCUT2D eigenvalue weighted by Crippen LogP contribution is 2.27. The van der Waals surface area contributed by atoms with Gasteiger partial charge in [-0.2, -0.15) is 8.78 Å². The molecule has 0 spiro atoms. The predicted molar refractivity (Wildman–Crippen MR) is 50.3 cm³/mol. The minimum absolute atomic E-state index is 0.00211. The van der Waals surface area contributed by atoms with E-state index in [0.29, 0.717) is 6.42 Å². The monoisotopic (exact) mass is 218 g/mol. The van der Waals surface area contributed by atoms with Gasteiger partial charge >= 0.3 is 6.61 Å². The Balaban J connectivity index is 2.60. The molecule has 1 aromatic carbocycles. The van der Waals surface area contributed by atoms with E-state index in [1.165, 1.54) is 12.1 Å². The highest BCUT2D eigenvalue weighted by molar-refractivity contribution is 5.39. The Hall–Kier alpha value is -1.36. The van der Waals surface area contributed by atoms with Crippen LogP contribution in [0.4, 0.5) is 8.78 Å². The normalized spacial score (nSPS) is 10.4. The van der Waals surface area contributed by atoms with Crippen LogP contribution in [0.3, 0.4) is 0 Å². The van der Waals surface area contributed by atoms with Crippen molar-refractivity contribution in [1.82, 2.24) is 0 Å². The standard InChI is InChI=1S/C10H12F2O3/c11-10(12)15-9-5-2-1-4-8(9)14-7-3-6-13/h1-2,4-5,10,13H,3,6-7H2. The van der Waals surface area contributed by atoms with Gasteiger partial charge in [-0.25, -0.2) is 0 Å². The molecule has 0 saturated carbocycles. The van der Waals surface area contributed by atoms with Crippen molar-refractivity contribution in [2.45, 2.75) is 13.0 Å². The molecule has 0 unspecified atom stereocenters. The summed E-state index contributed by atoms with van der Waals surface area (Å²) in [6.07, 6.45) is 0.447. The van der Waals surface area contributed by atoms with Crippen molar-refractivity contribution in [3.8, 4) is 11.5 Å². The van der Waals surface area contributed by atoms with Crippen LogP contribution in [-0.2, 0) is 0 Å². The Morgan fingerprint density at radius 3 is 2.47 bits per heavy atom. The molecule has 0 aliphatic heterocycles. The zero-order chi connectivity index (χ0) is 11.1. The highest BCUT2D eigenvalue weighted by Gasteiger charge is 2.09. The average molecular weight is 218 g/mol. The molecule has 0 bridgehead atoms. The smallest absolute Gasteiger partial charge is 0.387 e. The quantitative estimate of drug-likeness (QED) is 0.742. The number of ether oxygens (including phenoxy) is 2. The molecule has 84 valence electrons. The van der Waals surface area contributed by atoms with E-state index in [0.717, 1.165) is 0 Å². The van der Waals surface area contributed by atoms with Crippen LogP contribution in [0.15, 0.2) is 24.3 Å². The molecule has 1 rings (SSSR count). The van der Waals surface area contributed by atoms with E-state index in [1.54, 1.807) is 12.1 Å². The topological polar surface area (TPSA) is 38.7 Å². The third-order valence-electron chi connectivity index (χ3n) is 1.63. The zero-order valence-corrected chi connectivity index (χ0v) is 8.03. The number of alkyl halides is 2. The number of halogens is 2.